The molecule has 0 unspecified atom stereocenters. The fourth-order valence-electron chi connectivity index (χ4n) is 5.71. The highest BCUT2D eigenvalue weighted by atomic mass is 35.5. The minimum absolute atomic E-state index is 0.165. The molecule has 0 aliphatic heterocycles. The largest absolute Gasteiger partial charge is 0.353 e. The van der Waals surface area contributed by atoms with Crippen LogP contribution in [0, 0.1) is 10.8 Å². The van der Waals surface area contributed by atoms with Gasteiger partial charge in [0.2, 0.25) is 0 Å². The van der Waals surface area contributed by atoms with Crippen molar-refractivity contribution in [2.24, 2.45) is 15.8 Å². The summed E-state index contributed by atoms with van der Waals surface area (Å²) in [6, 6.07) is 8.20. The maximum atomic E-state index is 13.4. The highest BCUT2D eigenvalue weighted by Gasteiger charge is 2.63. The van der Waals surface area contributed by atoms with Crippen LogP contribution in [0.3, 0.4) is 0 Å². The van der Waals surface area contributed by atoms with E-state index in [1.54, 1.807) is 10.8 Å². The van der Waals surface area contributed by atoms with Gasteiger partial charge in [-0.3, -0.25) is 14.4 Å². The second-order valence-corrected chi connectivity index (χ2v) is 13.2. The Balaban J connectivity index is 0.000000531. The van der Waals surface area contributed by atoms with E-state index in [1.165, 1.54) is 19.3 Å². The Bertz CT molecular complexity index is 1460. The van der Waals surface area contributed by atoms with Gasteiger partial charge in [0.1, 0.15) is 11.4 Å². The van der Waals surface area contributed by atoms with Crippen LogP contribution < -0.4 is 5.56 Å². The minimum Gasteiger partial charge on any atom is -0.353 e. The topological polar surface area (TPSA) is 53.4 Å². The molecule has 7 heteroatoms. The van der Waals surface area contributed by atoms with Gasteiger partial charge < -0.3 is 9.88 Å². The molecule has 1 spiro atoms. The summed E-state index contributed by atoms with van der Waals surface area (Å²) >= 11 is 13.1. The summed E-state index contributed by atoms with van der Waals surface area (Å²) in [7, 11) is 3.84. The van der Waals surface area contributed by atoms with Crippen LogP contribution in [0.25, 0.3) is 16.6 Å². The van der Waals surface area contributed by atoms with Crippen LogP contribution in [0.5, 0.6) is 0 Å². The van der Waals surface area contributed by atoms with E-state index in [2.05, 4.69) is 56.4 Å². The number of aryl methyl sites for hydroxylation is 1. The summed E-state index contributed by atoms with van der Waals surface area (Å²) in [5.41, 5.74) is 3.83. The molecule has 0 amide bonds. The van der Waals surface area contributed by atoms with Crippen molar-refractivity contribution in [3.8, 4) is 5.69 Å². The number of H-pyrrole nitrogens is 1. The van der Waals surface area contributed by atoms with Gasteiger partial charge in [0.05, 0.1) is 15.5 Å². The van der Waals surface area contributed by atoms with Crippen molar-refractivity contribution in [1.82, 2.24) is 14.5 Å². The summed E-state index contributed by atoms with van der Waals surface area (Å²) in [5, 5.41) is 1.56. The predicted molar refractivity (Wildman–Crippen MR) is 167 cm³/mol. The first-order valence-corrected chi connectivity index (χ1v) is 14.7. The van der Waals surface area contributed by atoms with Gasteiger partial charge in [0.15, 0.2) is 0 Å². The van der Waals surface area contributed by atoms with Crippen molar-refractivity contribution >= 4 is 39.9 Å². The van der Waals surface area contributed by atoms with Crippen LogP contribution in [-0.4, -0.2) is 34.4 Å². The van der Waals surface area contributed by atoms with Gasteiger partial charge in [-0.1, -0.05) is 83.0 Å². The van der Waals surface area contributed by atoms with Crippen LogP contribution in [0.2, 0.25) is 10.0 Å². The second kappa shape index (κ2) is 10.8. The number of halogens is 2. The molecular weight excluding hydrogens is 527 g/mol. The lowest BCUT2D eigenvalue weighted by Crippen LogP contribution is -2.53. The molecule has 2 aliphatic carbocycles. The average molecular weight is 570 g/mol. The monoisotopic (exact) mass is 568 g/mol. The van der Waals surface area contributed by atoms with E-state index in [1.807, 2.05) is 44.3 Å². The van der Waals surface area contributed by atoms with Gasteiger partial charge in [-0.25, -0.2) is 0 Å². The van der Waals surface area contributed by atoms with E-state index >= 15 is 0 Å². The number of benzene rings is 1. The number of aliphatic imine (C=N–C) groups is 1. The highest BCUT2D eigenvalue weighted by Crippen LogP contribution is 2.69. The number of hydrogen-bond acceptors (Lipinski definition) is 2. The molecule has 210 valence electrons. The molecule has 5 rings (SSSR count). The summed E-state index contributed by atoms with van der Waals surface area (Å²) in [6.45, 7) is 14.9. The third-order valence-corrected chi connectivity index (χ3v) is 9.28. The van der Waals surface area contributed by atoms with E-state index in [9.17, 15) is 4.79 Å². The zero-order valence-corrected chi connectivity index (χ0v) is 25.9. The molecule has 2 aromatic heterocycles. The fraction of sp³-hybridized carbons (Fsp3) is 0.500. The van der Waals surface area contributed by atoms with Crippen molar-refractivity contribution in [2.45, 2.75) is 78.6 Å². The second-order valence-electron chi connectivity index (χ2n) is 12.4. The molecule has 0 saturated heterocycles. The lowest BCUT2D eigenvalue weighted by molar-refractivity contribution is 0.173. The Hall–Kier alpha value is -2.50. The standard InChI is InChI=1S/C26H28Cl2N4O.C6H14/c1-5-19-21(28)20-18(27)13-32(23(33)22(20)30-19)17-9-7-8-16(12-17)26(14-25(15-26)10-11-25)24(29-3)31(4)6-2;1-5-6(2,3)4/h6-9,12-13,30H,2,5,10-11,14-15H2,1,3-4H3;5H2,1-4H3. The van der Waals surface area contributed by atoms with Crippen molar-refractivity contribution in [3.63, 3.8) is 0 Å². The van der Waals surface area contributed by atoms with E-state index in [0.717, 1.165) is 35.6 Å². The van der Waals surface area contributed by atoms with Gasteiger partial charge in [0, 0.05) is 37.1 Å². The molecule has 39 heavy (non-hydrogen) atoms. The Labute approximate surface area is 242 Å². The van der Waals surface area contributed by atoms with Crippen molar-refractivity contribution in [3.05, 3.63) is 74.9 Å². The smallest absolute Gasteiger partial charge is 0.279 e. The van der Waals surface area contributed by atoms with Crippen LogP contribution >= 0.6 is 23.2 Å². The third kappa shape index (κ3) is 5.45. The van der Waals surface area contributed by atoms with Crippen molar-refractivity contribution in [1.29, 1.82) is 0 Å². The number of hydrogen-bond donors (Lipinski definition) is 1. The van der Waals surface area contributed by atoms with Crippen LogP contribution in [0.1, 0.15) is 78.0 Å². The quantitative estimate of drug-likeness (QED) is 0.247. The molecule has 5 nitrogen and oxygen atoms in total. The van der Waals surface area contributed by atoms with Crippen molar-refractivity contribution in [2.75, 3.05) is 14.1 Å². The van der Waals surface area contributed by atoms with E-state index in [0.29, 0.717) is 38.2 Å². The van der Waals surface area contributed by atoms with Crippen LogP contribution in [0.4, 0.5) is 0 Å². The molecule has 2 fully saturated rings. The molecule has 2 aliphatic rings. The molecule has 2 heterocycles. The zero-order valence-electron chi connectivity index (χ0n) is 24.4. The number of aromatic amines is 1. The first-order chi connectivity index (χ1) is 18.3. The van der Waals surface area contributed by atoms with Gasteiger partial charge >= 0.3 is 0 Å². The Morgan fingerprint density at radius 2 is 1.87 bits per heavy atom. The summed E-state index contributed by atoms with van der Waals surface area (Å²) in [6.07, 6.45) is 10.1. The Morgan fingerprint density at radius 3 is 2.38 bits per heavy atom. The van der Waals surface area contributed by atoms with Gasteiger partial charge in [-0.2, -0.15) is 0 Å². The SMILES string of the molecule is C=CN(C)C(=NC)C1(c2cccc(-n3cc(Cl)c4c(Cl)c(CC)[nH]c4c3=O)c2)CC2(CC2)C1.CCC(C)(C)C. The maximum Gasteiger partial charge on any atom is 0.279 e. The number of nitrogens with zero attached hydrogens (tertiary/aromatic N) is 3. The normalized spacial score (nSPS) is 17.4. The molecular formula is C32H42Cl2N4O. The average Bonchev–Trinajstić information content (AvgIpc) is 3.61. The zero-order chi connectivity index (χ0) is 28.8. The molecule has 1 N–H and O–H groups in total. The number of fused-ring (bicyclic) bond motifs is 1. The summed E-state index contributed by atoms with van der Waals surface area (Å²) < 4.78 is 1.61. The fourth-order valence-corrected chi connectivity index (χ4v) is 6.42. The van der Waals surface area contributed by atoms with E-state index < -0.39 is 0 Å². The summed E-state index contributed by atoms with van der Waals surface area (Å²) in [4.78, 5) is 23.3. The number of rotatable bonds is 5. The van der Waals surface area contributed by atoms with Gasteiger partial charge in [-0.05, 0) is 66.8 Å². The first kappa shape index (κ1) is 29.5. The molecule has 0 atom stereocenters. The Kier molecular flexibility index (Phi) is 8.18. The summed E-state index contributed by atoms with van der Waals surface area (Å²) in [5.74, 6) is 1.01. The lowest BCUT2D eigenvalue weighted by atomic mass is 9.55. The van der Waals surface area contributed by atoms with Gasteiger partial charge in [0.25, 0.3) is 5.56 Å². The number of pyridine rings is 1. The van der Waals surface area contributed by atoms with Crippen molar-refractivity contribution < 1.29 is 0 Å². The predicted octanol–water partition coefficient (Wildman–Crippen LogP) is 8.55. The van der Waals surface area contributed by atoms with E-state index in [4.69, 9.17) is 23.2 Å². The van der Waals surface area contributed by atoms with E-state index in [-0.39, 0.29) is 11.0 Å². The third-order valence-electron chi connectivity index (χ3n) is 8.57. The maximum absolute atomic E-state index is 13.4. The van der Waals surface area contributed by atoms with Crippen LogP contribution in [0.15, 0.2) is 53.0 Å². The molecule has 2 saturated carbocycles. The van der Waals surface area contributed by atoms with Gasteiger partial charge in [-0.15, -0.1) is 0 Å². The number of aromatic nitrogens is 2. The molecule has 1 aromatic carbocycles. The number of nitrogens with one attached hydrogen (secondary N) is 1. The Morgan fingerprint density at radius 1 is 1.23 bits per heavy atom. The molecule has 3 aromatic rings. The molecule has 0 bridgehead atoms. The first-order valence-electron chi connectivity index (χ1n) is 13.9. The highest BCUT2D eigenvalue weighted by molar-refractivity contribution is 6.42. The number of likely N-dealkylation sites (N-methyl/N-ethyl adjacent to an activating group) is 1. The van der Waals surface area contributed by atoms with Crippen LogP contribution in [-0.2, 0) is 11.8 Å². The number of amidine groups is 1. The molecule has 0 radical (unpaired) electrons. The minimum atomic E-state index is -0.188. The lowest BCUT2D eigenvalue weighted by Gasteiger charge is -2.51.